The molecule has 0 unspecified atom stereocenters. The molecule has 0 saturated heterocycles. The molecule has 238 valence electrons. The molecule has 0 heterocycles. The number of terminal acetylenes is 1. The van der Waals surface area contributed by atoms with Crippen LogP contribution in [0.15, 0.2) is 16.8 Å². The highest BCUT2D eigenvalue weighted by Gasteiger charge is 2.63. The first-order valence-corrected chi connectivity index (χ1v) is 16.1. The fraction of sp³-hybridized carbons (Fsp3) is 0.765. The summed E-state index contributed by atoms with van der Waals surface area (Å²) in [7, 11) is 0. The monoisotopic (exact) mass is 597 g/mol. The number of amides is 2. The van der Waals surface area contributed by atoms with Crippen molar-refractivity contribution in [3.63, 3.8) is 0 Å². The smallest absolute Gasteiger partial charge is 0.326 e. The number of hydrogen-bond donors (Lipinski definition) is 4. The van der Waals surface area contributed by atoms with Crippen LogP contribution in [0.2, 0.25) is 0 Å². The first kappa shape index (κ1) is 33.0. The second-order valence-electron chi connectivity index (χ2n) is 14.7. The van der Waals surface area contributed by atoms with Gasteiger partial charge in [-0.25, -0.2) is 4.79 Å². The zero-order chi connectivity index (χ0) is 31.7. The predicted molar refractivity (Wildman–Crippen MR) is 165 cm³/mol. The van der Waals surface area contributed by atoms with Crippen LogP contribution >= 0.6 is 0 Å². The van der Waals surface area contributed by atoms with Gasteiger partial charge in [-0.3, -0.25) is 9.59 Å². The maximum Gasteiger partial charge on any atom is 0.326 e. The lowest BCUT2D eigenvalue weighted by molar-refractivity contribution is -0.143. The Balaban J connectivity index is 1.35. The van der Waals surface area contributed by atoms with E-state index >= 15 is 0 Å². The average molecular weight is 598 g/mol. The fourth-order valence-corrected chi connectivity index (χ4v) is 8.77. The molecule has 0 bridgehead atoms. The van der Waals surface area contributed by atoms with Crippen LogP contribution in [-0.2, 0) is 19.2 Å². The van der Waals surface area contributed by atoms with Crippen molar-refractivity contribution in [1.82, 2.24) is 10.6 Å². The van der Waals surface area contributed by atoms with E-state index in [1.54, 1.807) is 13.8 Å². The van der Waals surface area contributed by atoms with Crippen molar-refractivity contribution in [1.29, 1.82) is 0 Å². The minimum atomic E-state index is -1.10. The van der Waals surface area contributed by atoms with Crippen LogP contribution in [0.3, 0.4) is 0 Å². The number of oxime groups is 1. The summed E-state index contributed by atoms with van der Waals surface area (Å²) in [6.07, 6.45) is 15.8. The van der Waals surface area contributed by atoms with Crippen LogP contribution in [0.25, 0.3) is 0 Å². The van der Waals surface area contributed by atoms with Gasteiger partial charge in [-0.15, -0.1) is 6.42 Å². The first-order chi connectivity index (χ1) is 20.1. The van der Waals surface area contributed by atoms with Crippen LogP contribution in [0.1, 0.15) is 99.3 Å². The second kappa shape index (κ2) is 12.6. The molecule has 8 atom stereocenters. The highest BCUT2D eigenvalue weighted by Crippen LogP contribution is 2.67. The third-order valence-corrected chi connectivity index (χ3v) is 11.3. The Hall–Kier alpha value is -2.86. The SMILES string of the molecule is C#C[C@@]1(O)CC[C@@H]2[C@@H]3CCC4=C/C(=N/OCC(=O)N[C@@H](C(=O)N[C@H](CC(C)C)C(=O)O)C(C)C)CC[C@]4(C)[C@@H]3CC[C@@]21C. The van der Waals surface area contributed by atoms with Crippen LogP contribution in [0, 0.1) is 52.8 Å². The maximum absolute atomic E-state index is 12.8. The summed E-state index contributed by atoms with van der Waals surface area (Å²) in [5.74, 6) is 2.04. The van der Waals surface area contributed by atoms with Gasteiger partial charge in [0, 0.05) is 5.41 Å². The van der Waals surface area contributed by atoms with Crippen LogP contribution < -0.4 is 10.6 Å². The quantitative estimate of drug-likeness (QED) is 0.217. The lowest BCUT2D eigenvalue weighted by Gasteiger charge is -2.58. The topological polar surface area (TPSA) is 137 Å². The van der Waals surface area contributed by atoms with Gasteiger partial charge in [0.15, 0.2) is 6.61 Å². The number of hydrogen-bond acceptors (Lipinski definition) is 6. The van der Waals surface area contributed by atoms with Gasteiger partial charge >= 0.3 is 5.97 Å². The molecule has 9 heteroatoms. The van der Waals surface area contributed by atoms with Crippen LogP contribution in [0.5, 0.6) is 0 Å². The maximum atomic E-state index is 12.8. The molecule has 0 aromatic heterocycles. The van der Waals surface area contributed by atoms with E-state index < -0.39 is 35.5 Å². The third-order valence-electron chi connectivity index (χ3n) is 11.3. The number of fused-ring (bicyclic) bond motifs is 5. The molecule has 4 N–H and O–H groups in total. The lowest BCUT2D eigenvalue weighted by Crippen LogP contribution is -2.54. The summed E-state index contributed by atoms with van der Waals surface area (Å²) in [5.41, 5.74) is 1.09. The normalized spacial score (nSPS) is 35.6. The minimum absolute atomic E-state index is 0.0821. The standard InChI is InChI=1S/C34H51N3O6/c1-8-34(42)16-13-26-24-10-9-22-18-23(11-14-32(22,6)25(24)12-15-33(26,34)7)37-43-19-28(38)36-29(21(4)5)30(39)35-27(31(40)41)17-20(2)3/h1,18,20-21,24-27,29,42H,9-17,19H2,2-7H3,(H,35,39)(H,36,38)(H,40,41)/b37-23+/t24-,25-,26-,27-,29-,32+,33+,34-/m1/s1. The van der Waals surface area contributed by atoms with E-state index in [1.165, 1.54) is 5.57 Å². The highest BCUT2D eigenvalue weighted by atomic mass is 16.6. The molecule has 0 aromatic rings. The third kappa shape index (κ3) is 6.36. The number of nitrogens with zero attached hydrogens (tertiary/aromatic N) is 1. The molecule has 4 aliphatic rings. The molecule has 3 fully saturated rings. The number of allylic oxidation sites excluding steroid dienone is 2. The number of aliphatic hydroxyl groups is 1. The van der Waals surface area contributed by atoms with Crippen LogP contribution in [0.4, 0.5) is 0 Å². The van der Waals surface area contributed by atoms with Crippen LogP contribution in [-0.4, -0.2) is 58.0 Å². The molecule has 9 nitrogen and oxygen atoms in total. The number of carbonyl (C=O) groups is 3. The van der Waals surface area contributed by atoms with Gasteiger partial charge in [-0.1, -0.05) is 58.2 Å². The van der Waals surface area contributed by atoms with E-state index in [0.29, 0.717) is 30.6 Å². The van der Waals surface area contributed by atoms with Gasteiger partial charge in [0.05, 0.1) is 5.71 Å². The van der Waals surface area contributed by atoms with E-state index in [4.69, 9.17) is 11.3 Å². The minimum Gasteiger partial charge on any atom is -0.480 e. The summed E-state index contributed by atoms with van der Waals surface area (Å²) >= 11 is 0. The van der Waals surface area contributed by atoms with E-state index in [2.05, 4.69) is 41.6 Å². The van der Waals surface area contributed by atoms with E-state index in [-0.39, 0.29) is 29.3 Å². The molecule has 0 radical (unpaired) electrons. The molecule has 0 spiro atoms. The molecule has 2 amide bonds. The molecular weight excluding hydrogens is 546 g/mol. The van der Waals surface area contributed by atoms with E-state index in [0.717, 1.165) is 50.7 Å². The number of aliphatic carboxylic acids is 1. The highest BCUT2D eigenvalue weighted by molar-refractivity contribution is 5.96. The molecule has 43 heavy (non-hydrogen) atoms. The van der Waals surface area contributed by atoms with Crippen molar-refractivity contribution in [2.24, 2.45) is 45.6 Å². The Morgan fingerprint density at radius 1 is 1.07 bits per heavy atom. The Morgan fingerprint density at radius 2 is 1.77 bits per heavy atom. The van der Waals surface area contributed by atoms with Crippen molar-refractivity contribution in [3.8, 4) is 12.3 Å². The Labute approximate surface area is 256 Å². The van der Waals surface area contributed by atoms with Gasteiger partial charge in [0.25, 0.3) is 5.91 Å². The number of carboxylic acid groups (broad SMARTS) is 1. The van der Waals surface area contributed by atoms with Crippen molar-refractivity contribution in [2.45, 2.75) is 117 Å². The van der Waals surface area contributed by atoms with Crippen molar-refractivity contribution in [3.05, 3.63) is 11.6 Å². The summed E-state index contributed by atoms with van der Waals surface area (Å²) in [6, 6.07) is -1.91. The number of carbonyl (C=O) groups excluding carboxylic acids is 2. The van der Waals surface area contributed by atoms with Crippen molar-refractivity contribution in [2.75, 3.05) is 6.61 Å². The Bertz CT molecular complexity index is 1200. The number of nitrogens with one attached hydrogen (secondary N) is 2. The summed E-state index contributed by atoms with van der Waals surface area (Å²) in [4.78, 5) is 42.6. The van der Waals surface area contributed by atoms with E-state index in [1.807, 2.05) is 13.8 Å². The average Bonchev–Trinajstić information content (AvgIpc) is 3.21. The van der Waals surface area contributed by atoms with Gasteiger partial charge in [0.2, 0.25) is 5.91 Å². The molecule has 0 aromatic carbocycles. The molecular formula is C34H51N3O6. The Kier molecular flexibility index (Phi) is 9.71. The summed E-state index contributed by atoms with van der Waals surface area (Å²) in [5, 5.41) is 30.2. The molecule has 4 rings (SSSR count). The number of carboxylic acids is 1. The molecule has 4 aliphatic carbocycles. The zero-order valence-corrected chi connectivity index (χ0v) is 26.7. The fourth-order valence-electron chi connectivity index (χ4n) is 8.77. The van der Waals surface area contributed by atoms with Crippen molar-refractivity contribution < 1.29 is 29.4 Å². The molecule has 3 saturated carbocycles. The van der Waals surface area contributed by atoms with Gasteiger partial charge in [0.1, 0.15) is 17.7 Å². The number of rotatable bonds is 10. The first-order valence-electron chi connectivity index (χ1n) is 16.1. The molecule has 0 aliphatic heterocycles. The largest absolute Gasteiger partial charge is 0.480 e. The lowest BCUT2D eigenvalue weighted by atomic mass is 9.46. The van der Waals surface area contributed by atoms with E-state index in [9.17, 15) is 24.6 Å². The summed E-state index contributed by atoms with van der Waals surface area (Å²) in [6.45, 7) is 11.6. The van der Waals surface area contributed by atoms with Crippen molar-refractivity contribution >= 4 is 23.5 Å². The Morgan fingerprint density at radius 3 is 2.40 bits per heavy atom. The van der Waals surface area contributed by atoms with Gasteiger partial charge in [-0.05, 0) is 98.9 Å². The van der Waals surface area contributed by atoms with Gasteiger partial charge in [-0.2, -0.15) is 0 Å². The summed E-state index contributed by atoms with van der Waals surface area (Å²) < 4.78 is 0. The zero-order valence-electron chi connectivity index (χ0n) is 26.7. The van der Waals surface area contributed by atoms with Gasteiger partial charge < -0.3 is 25.7 Å². The predicted octanol–water partition coefficient (Wildman–Crippen LogP) is 4.44. The second-order valence-corrected chi connectivity index (χ2v) is 14.7.